The molecule has 0 spiro atoms. The highest BCUT2D eigenvalue weighted by molar-refractivity contribution is 5.62. The van der Waals surface area contributed by atoms with Crippen LogP contribution in [-0.2, 0) is 4.74 Å². The van der Waals surface area contributed by atoms with Crippen LogP contribution >= 0.6 is 0 Å². The van der Waals surface area contributed by atoms with Gasteiger partial charge in [-0.25, -0.2) is 4.98 Å². The van der Waals surface area contributed by atoms with Crippen molar-refractivity contribution in [1.82, 2.24) is 9.97 Å². The zero-order valence-electron chi connectivity index (χ0n) is 11.4. The van der Waals surface area contributed by atoms with Gasteiger partial charge in [0.15, 0.2) is 0 Å². The summed E-state index contributed by atoms with van der Waals surface area (Å²) in [5.41, 5.74) is 6.37. The zero-order chi connectivity index (χ0) is 15.4. The Morgan fingerprint density at radius 3 is 3.00 bits per heavy atom. The third kappa shape index (κ3) is 3.41. The van der Waals surface area contributed by atoms with E-state index in [-0.39, 0.29) is 6.04 Å². The maximum absolute atomic E-state index is 13.3. The molecule has 2 rings (SSSR count). The monoisotopic (exact) mass is 294 g/mol. The Morgan fingerprint density at radius 2 is 2.33 bits per heavy atom. The second-order valence-corrected chi connectivity index (χ2v) is 4.49. The van der Waals surface area contributed by atoms with E-state index in [2.05, 4.69) is 9.97 Å². The number of ether oxygens (including phenoxy) is 1. The molecule has 21 heavy (non-hydrogen) atoms. The molecule has 0 aliphatic rings. The molecule has 0 aliphatic heterocycles. The van der Waals surface area contributed by atoms with Gasteiger partial charge in [0, 0.05) is 25.3 Å². The van der Waals surface area contributed by atoms with Crippen LogP contribution in [0.4, 0.5) is 10.1 Å². The Kier molecular flexibility index (Phi) is 4.61. The molecule has 1 heterocycles. The van der Waals surface area contributed by atoms with Crippen LogP contribution in [0.25, 0.3) is 11.3 Å². The SMILES string of the molecule is COCCC(N)c1ncc(-c2ccc(F)c([N+](=O)[O-])c2)[nH]1. The molecule has 0 amide bonds. The van der Waals surface area contributed by atoms with Crippen molar-refractivity contribution in [2.45, 2.75) is 12.5 Å². The maximum Gasteiger partial charge on any atom is 0.305 e. The molecule has 0 saturated heterocycles. The normalized spacial score (nSPS) is 12.3. The first-order valence-electron chi connectivity index (χ1n) is 6.26. The van der Waals surface area contributed by atoms with Gasteiger partial charge in [0.25, 0.3) is 0 Å². The van der Waals surface area contributed by atoms with Crippen LogP contribution in [0.15, 0.2) is 24.4 Å². The molecular formula is C13H15FN4O3. The number of methoxy groups -OCH3 is 1. The topological polar surface area (TPSA) is 107 Å². The molecule has 0 aliphatic carbocycles. The highest BCUT2D eigenvalue weighted by Gasteiger charge is 2.17. The summed E-state index contributed by atoms with van der Waals surface area (Å²) >= 11 is 0. The van der Waals surface area contributed by atoms with E-state index < -0.39 is 16.4 Å². The number of nitro groups is 1. The molecule has 1 unspecified atom stereocenters. The van der Waals surface area contributed by atoms with E-state index in [1.54, 1.807) is 7.11 Å². The molecule has 112 valence electrons. The summed E-state index contributed by atoms with van der Waals surface area (Å²) in [6.07, 6.45) is 2.10. The molecule has 8 heteroatoms. The number of benzene rings is 1. The number of imidazole rings is 1. The molecule has 1 atom stereocenters. The lowest BCUT2D eigenvalue weighted by atomic mass is 10.1. The second kappa shape index (κ2) is 6.42. The van der Waals surface area contributed by atoms with Crippen LogP contribution in [0.3, 0.4) is 0 Å². The number of nitrogens with two attached hydrogens (primary N) is 1. The van der Waals surface area contributed by atoms with Crippen molar-refractivity contribution < 1.29 is 14.1 Å². The third-order valence-corrected chi connectivity index (χ3v) is 3.03. The highest BCUT2D eigenvalue weighted by Crippen LogP contribution is 2.26. The Balaban J connectivity index is 2.25. The zero-order valence-corrected chi connectivity index (χ0v) is 11.4. The van der Waals surface area contributed by atoms with Gasteiger partial charge in [-0.05, 0) is 18.6 Å². The van der Waals surface area contributed by atoms with Crippen molar-refractivity contribution in [2.24, 2.45) is 5.73 Å². The molecule has 1 aromatic carbocycles. The van der Waals surface area contributed by atoms with Crippen molar-refractivity contribution in [3.63, 3.8) is 0 Å². The molecule has 0 fully saturated rings. The third-order valence-electron chi connectivity index (χ3n) is 3.03. The first kappa shape index (κ1) is 15.1. The lowest BCUT2D eigenvalue weighted by Crippen LogP contribution is -2.14. The standard InChI is InChI=1S/C13H15FN4O3/c1-21-5-4-10(15)13-16-7-11(17-13)8-2-3-9(14)12(6-8)18(19)20/h2-3,6-7,10H,4-5,15H2,1H3,(H,16,17). The van der Waals surface area contributed by atoms with Gasteiger partial charge in [0.1, 0.15) is 5.82 Å². The van der Waals surface area contributed by atoms with E-state index in [0.29, 0.717) is 30.1 Å². The van der Waals surface area contributed by atoms with Crippen molar-refractivity contribution in [1.29, 1.82) is 0 Å². The molecular weight excluding hydrogens is 279 g/mol. The number of rotatable bonds is 6. The minimum absolute atomic E-state index is 0.325. The Hall–Kier alpha value is -2.32. The van der Waals surface area contributed by atoms with E-state index in [1.165, 1.54) is 12.3 Å². The number of H-pyrrole nitrogens is 1. The second-order valence-electron chi connectivity index (χ2n) is 4.49. The number of aromatic amines is 1. The van der Waals surface area contributed by atoms with Gasteiger partial charge in [-0.2, -0.15) is 4.39 Å². The molecule has 2 aromatic rings. The smallest absolute Gasteiger partial charge is 0.305 e. The van der Waals surface area contributed by atoms with Gasteiger partial charge in [-0.1, -0.05) is 0 Å². The van der Waals surface area contributed by atoms with Crippen molar-refractivity contribution in [3.8, 4) is 11.3 Å². The fraction of sp³-hybridized carbons (Fsp3) is 0.308. The summed E-state index contributed by atoms with van der Waals surface area (Å²) in [4.78, 5) is 17.1. The fourth-order valence-corrected chi connectivity index (χ4v) is 1.87. The van der Waals surface area contributed by atoms with E-state index >= 15 is 0 Å². The average Bonchev–Trinajstić information content (AvgIpc) is 2.94. The first-order chi connectivity index (χ1) is 10.0. The number of nitrogens with zero attached hydrogens (tertiary/aromatic N) is 2. The molecule has 1 aromatic heterocycles. The quantitative estimate of drug-likeness (QED) is 0.627. The van der Waals surface area contributed by atoms with Gasteiger partial charge in [0.05, 0.1) is 22.9 Å². The van der Waals surface area contributed by atoms with Gasteiger partial charge >= 0.3 is 5.69 Å². The molecule has 0 saturated carbocycles. The fourth-order valence-electron chi connectivity index (χ4n) is 1.87. The highest BCUT2D eigenvalue weighted by atomic mass is 19.1. The number of nitro benzene ring substituents is 1. The summed E-state index contributed by atoms with van der Waals surface area (Å²) in [6.45, 7) is 0.499. The van der Waals surface area contributed by atoms with Gasteiger partial charge < -0.3 is 15.5 Å². The number of hydrogen-bond acceptors (Lipinski definition) is 5. The minimum atomic E-state index is -0.875. The molecule has 0 bridgehead atoms. The predicted molar refractivity (Wildman–Crippen MR) is 74.1 cm³/mol. The van der Waals surface area contributed by atoms with Crippen LogP contribution in [0.2, 0.25) is 0 Å². The lowest BCUT2D eigenvalue weighted by Gasteiger charge is -2.07. The largest absolute Gasteiger partial charge is 0.385 e. The van der Waals surface area contributed by atoms with Crippen LogP contribution in [0, 0.1) is 15.9 Å². The van der Waals surface area contributed by atoms with E-state index in [1.807, 2.05) is 0 Å². The van der Waals surface area contributed by atoms with Crippen LogP contribution < -0.4 is 5.73 Å². The summed E-state index contributed by atoms with van der Waals surface area (Å²) < 4.78 is 18.2. The van der Waals surface area contributed by atoms with Gasteiger partial charge in [-0.15, -0.1) is 0 Å². The number of aromatic nitrogens is 2. The molecule has 3 N–H and O–H groups in total. The van der Waals surface area contributed by atoms with Gasteiger partial charge in [-0.3, -0.25) is 10.1 Å². The van der Waals surface area contributed by atoms with Crippen LogP contribution in [-0.4, -0.2) is 28.6 Å². The van der Waals surface area contributed by atoms with Crippen molar-refractivity contribution >= 4 is 5.69 Å². The number of nitrogens with one attached hydrogen (secondary N) is 1. The number of halogens is 1. The Morgan fingerprint density at radius 1 is 1.57 bits per heavy atom. The maximum atomic E-state index is 13.3. The Labute approximate surface area is 120 Å². The first-order valence-corrected chi connectivity index (χ1v) is 6.26. The summed E-state index contributed by atoms with van der Waals surface area (Å²) in [5, 5.41) is 10.7. The summed E-state index contributed by atoms with van der Waals surface area (Å²) in [7, 11) is 1.58. The van der Waals surface area contributed by atoms with Crippen LogP contribution in [0.1, 0.15) is 18.3 Å². The molecule has 7 nitrogen and oxygen atoms in total. The van der Waals surface area contributed by atoms with E-state index in [4.69, 9.17) is 10.5 Å². The predicted octanol–water partition coefficient (Wildman–Crippen LogP) is 2.16. The van der Waals surface area contributed by atoms with Gasteiger partial charge in [0.2, 0.25) is 5.82 Å². The summed E-state index contributed by atoms with van der Waals surface area (Å²) in [6, 6.07) is 3.33. The van der Waals surface area contributed by atoms with E-state index in [0.717, 1.165) is 12.1 Å². The van der Waals surface area contributed by atoms with Crippen molar-refractivity contribution in [3.05, 3.63) is 46.2 Å². The average molecular weight is 294 g/mol. The molecule has 0 radical (unpaired) electrons. The van der Waals surface area contributed by atoms with Crippen LogP contribution in [0.5, 0.6) is 0 Å². The Bertz CT molecular complexity index is 644. The van der Waals surface area contributed by atoms with Crippen molar-refractivity contribution in [2.75, 3.05) is 13.7 Å². The summed E-state index contributed by atoms with van der Waals surface area (Å²) in [5.74, 6) is -0.325. The van der Waals surface area contributed by atoms with E-state index in [9.17, 15) is 14.5 Å². The lowest BCUT2D eigenvalue weighted by molar-refractivity contribution is -0.387. The number of hydrogen-bond donors (Lipinski definition) is 2. The minimum Gasteiger partial charge on any atom is -0.385 e.